The molecule has 1 saturated carbocycles. The molecule has 106 valence electrons. The first-order valence-electron chi connectivity index (χ1n) is 6.54. The van der Waals surface area contributed by atoms with Gasteiger partial charge >= 0.3 is 0 Å². The van der Waals surface area contributed by atoms with Crippen LogP contribution in [0.2, 0.25) is 10.0 Å². The highest BCUT2D eigenvalue weighted by atomic mass is 35.5. The van der Waals surface area contributed by atoms with Crippen LogP contribution >= 0.6 is 23.2 Å². The van der Waals surface area contributed by atoms with Gasteiger partial charge < -0.3 is 10.3 Å². The first-order chi connectivity index (χ1) is 9.63. The van der Waals surface area contributed by atoms with Crippen molar-refractivity contribution < 1.29 is 4.52 Å². The van der Waals surface area contributed by atoms with E-state index in [9.17, 15) is 0 Å². The zero-order chi connectivity index (χ0) is 14.1. The number of pyridine rings is 1. The largest absolute Gasteiger partial charge is 0.339 e. The first-order valence-corrected chi connectivity index (χ1v) is 7.29. The molecular weight excluding hydrogens is 299 g/mol. The molecular formula is C13H14Cl2N4O. The van der Waals surface area contributed by atoms with E-state index in [1.54, 1.807) is 6.07 Å². The number of hydrogen-bond acceptors (Lipinski definition) is 5. The van der Waals surface area contributed by atoms with E-state index < -0.39 is 0 Å². The van der Waals surface area contributed by atoms with Crippen molar-refractivity contribution >= 4 is 23.2 Å². The molecule has 2 atom stereocenters. The fraction of sp³-hybridized carbons (Fsp3) is 0.462. The molecule has 0 saturated heterocycles. The molecule has 2 aromatic rings. The molecule has 2 unspecified atom stereocenters. The molecule has 7 heteroatoms. The van der Waals surface area contributed by atoms with Crippen LogP contribution in [0.1, 0.15) is 37.5 Å². The third-order valence-electron chi connectivity index (χ3n) is 3.53. The highest BCUT2D eigenvalue weighted by molar-refractivity contribution is 6.35. The summed E-state index contributed by atoms with van der Waals surface area (Å²) in [6.45, 7) is 0. The lowest BCUT2D eigenvalue weighted by Crippen LogP contribution is -2.26. The maximum absolute atomic E-state index is 6.09. The van der Waals surface area contributed by atoms with Gasteiger partial charge in [-0.2, -0.15) is 4.98 Å². The summed E-state index contributed by atoms with van der Waals surface area (Å²) in [5.74, 6) is 1.23. The summed E-state index contributed by atoms with van der Waals surface area (Å²) in [7, 11) is 0. The second-order valence-corrected chi connectivity index (χ2v) is 5.91. The van der Waals surface area contributed by atoms with Crippen LogP contribution < -0.4 is 5.73 Å². The van der Waals surface area contributed by atoms with Gasteiger partial charge in [-0.15, -0.1) is 0 Å². The Morgan fingerprint density at radius 3 is 2.90 bits per heavy atom. The number of hydrogen-bond donors (Lipinski definition) is 1. The molecule has 2 N–H and O–H groups in total. The van der Waals surface area contributed by atoms with Crippen LogP contribution in [0.4, 0.5) is 0 Å². The number of rotatable bonds is 2. The Bertz CT molecular complexity index is 616. The molecule has 3 rings (SSSR count). The molecule has 0 radical (unpaired) electrons. The Morgan fingerprint density at radius 2 is 2.15 bits per heavy atom. The molecule has 1 aliphatic carbocycles. The van der Waals surface area contributed by atoms with E-state index in [0.29, 0.717) is 27.5 Å². The lowest BCUT2D eigenvalue weighted by molar-refractivity contribution is 0.299. The standard InChI is InChI=1S/C13H14Cl2N4O/c14-8-5-10(15)11(17-6-8)12-18-13(20-19-12)7-2-1-3-9(16)4-7/h5-7,9H,1-4,16H2. The highest BCUT2D eigenvalue weighted by Crippen LogP contribution is 2.33. The van der Waals surface area contributed by atoms with Gasteiger partial charge in [0.15, 0.2) is 0 Å². The Kier molecular flexibility index (Phi) is 3.92. The SMILES string of the molecule is NC1CCCC(c2nc(-c3ncc(Cl)cc3Cl)no2)C1. The van der Waals surface area contributed by atoms with Crippen molar-refractivity contribution in [3.8, 4) is 11.5 Å². The number of nitrogens with zero attached hydrogens (tertiary/aromatic N) is 3. The molecule has 0 amide bonds. The van der Waals surface area contributed by atoms with Gasteiger partial charge in [0.25, 0.3) is 0 Å². The quantitative estimate of drug-likeness (QED) is 0.919. The zero-order valence-electron chi connectivity index (χ0n) is 10.7. The average Bonchev–Trinajstić information content (AvgIpc) is 2.88. The van der Waals surface area contributed by atoms with E-state index in [0.717, 1.165) is 25.7 Å². The molecule has 20 heavy (non-hydrogen) atoms. The second kappa shape index (κ2) is 5.68. The van der Waals surface area contributed by atoms with Crippen LogP contribution in [0.15, 0.2) is 16.8 Å². The molecule has 2 aromatic heterocycles. The molecule has 2 heterocycles. The topological polar surface area (TPSA) is 77.8 Å². The van der Waals surface area contributed by atoms with Crippen LogP contribution in [0, 0.1) is 0 Å². The van der Waals surface area contributed by atoms with E-state index in [1.807, 2.05) is 0 Å². The maximum atomic E-state index is 6.09. The summed E-state index contributed by atoms with van der Waals surface area (Å²) < 4.78 is 5.34. The molecule has 1 aliphatic rings. The van der Waals surface area contributed by atoms with E-state index in [-0.39, 0.29) is 12.0 Å². The smallest absolute Gasteiger partial charge is 0.230 e. The first kappa shape index (κ1) is 13.8. The van der Waals surface area contributed by atoms with E-state index >= 15 is 0 Å². The van der Waals surface area contributed by atoms with Gasteiger partial charge in [0, 0.05) is 18.2 Å². The van der Waals surface area contributed by atoms with Gasteiger partial charge in [-0.05, 0) is 25.3 Å². The van der Waals surface area contributed by atoms with Crippen LogP contribution in [0.25, 0.3) is 11.5 Å². The van der Waals surface area contributed by atoms with Gasteiger partial charge in [-0.1, -0.05) is 34.8 Å². The number of aromatic nitrogens is 3. The molecule has 1 fully saturated rings. The molecule has 0 bridgehead atoms. The Balaban J connectivity index is 1.86. The molecule has 5 nitrogen and oxygen atoms in total. The zero-order valence-corrected chi connectivity index (χ0v) is 12.2. The molecule has 0 spiro atoms. The summed E-state index contributed by atoms with van der Waals surface area (Å²) in [4.78, 5) is 8.55. The minimum atomic E-state index is 0.210. The average molecular weight is 313 g/mol. The third kappa shape index (κ3) is 2.80. The molecule has 0 aromatic carbocycles. The highest BCUT2D eigenvalue weighted by Gasteiger charge is 2.26. The minimum Gasteiger partial charge on any atom is -0.339 e. The third-order valence-corrected chi connectivity index (χ3v) is 4.02. The number of halogens is 2. The van der Waals surface area contributed by atoms with Crippen LogP contribution in [0.3, 0.4) is 0 Å². The summed E-state index contributed by atoms with van der Waals surface area (Å²) in [6, 6.07) is 1.82. The van der Waals surface area contributed by atoms with Crippen LogP contribution in [-0.4, -0.2) is 21.2 Å². The van der Waals surface area contributed by atoms with Crippen molar-refractivity contribution in [3.63, 3.8) is 0 Å². The van der Waals surface area contributed by atoms with Gasteiger partial charge in [-0.3, -0.25) is 0 Å². The predicted molar refractivity (Wildman–Crippen MR) is 76.7 cm³/mol. The van der Waals surface area contributed by atoms with Crippen molar-refractivity contribution in [2.75, 3.05) is 0 Å². The Hall–Kier alpha value is -1.17. The van der Waals surface area contributed by atoms with Gasteiger partial charge in [0.05, 0.1) is 10.0 Å². The van der Waals surface area contributed by atoms with E-state index in [2.05, 4.69) is 15.1 Å². The molecule has 0 aliphatic heterocycles. The normalized spacial score (nSPS) is 22.9. The fourth-order valence-corrected chi connectivity index (χ4v) is 2.99. The van der Waals surface area contributed by atoms with Crippen molar-refractivity contribution in [3.05, 3.63) is 28.2 Å². The minimum absolute atomic E-state index is 0.210. The maximum Gasteiger partial charge on any atom is 0.230 e. The Morgan fingerprint density at radius 1 is 1.30 bits per heavy atom. The lowest BCUT2D eigenvalue weighted by Gasteiger charge is -2.23. The van der Waals surface area contributed by atoms with E-state index in [1.165, 1.54) is 6.20 Å². The monoisotopic (exact) mass is 312 g/mol. The Labute approximate surface area is 126 Å². The van der Waals surface area contributed by atoms with Crippen molar-refractivity contribution in [1.29, 1.82) is 0 Å². The summed E-state index contributed by atoms with van der Waals surface area (Å²) in [6.07, 6.45) is 5.56. The lowest BCUT2D eigenvalue weighted by atomic mass is 9.86. The van der Waals surface area contributed by atoms with Crippen LogP contribution in [0.5, 0.6) is 0 Å². The van der Waals surface area contributed by atoms with Gasteiger partial charge in [0.2, 0.25) is 11.7 Å². The second-order valence-electron chi connectivity index (χ2n) is 5.06. The summed E-state index contributed by atoms with van der Waals surface area (Å²) in [5, 5.41) is 4.84. The van der Waals surface area contributed by atoms with Crippen molar-refractivity contribution in [1.82, 2.24) is 15.1 Å². The van der Waals surface area contributed by atoms with Crippen molar-refractivity contribution in [2.24, 2.45) is 5.73 Å². The summed E-state index contributed by atoms with van der Waals surface area (Å²) in [5.41, 5.74) is 6.46. The van der Waals surface area contributed by atoms with Crippen LogP contribution in [-0.2, 0) is 0 Å². The van der Waals surface area contributed by atoms with Gasteiger partial charge in [0.1, 0.15) is 5.69 Å². The van der Waals surface area contributed by atoms with Crippen molar-refractivity contribution in [2.45, 2.75) is 37.6 Å². The predicted octanol–water partition coefficient (Wildman–Crippen LogP) is 3.42. The van der Waals surface area contributed by atoms with Gasteiger partial charge in [-0.25, -0.2) is 4.98 Å². The summed E-state index contributed by atoms with van der Waals surface area (Å²) >= 11 is 11.9. The van der Waals surface area contributed by atoms with E-state index in [4.69, 9.17) is 33.5 Å². The number of nitrogens with two attached hydrogens (primary N) is 1. The fourth-order valence-electron chi connectivity index (χ4n) is 2.53.